The third kappa shape index (κ3) is 2.88. The molecule has 0 aliphatic carbocycles. The van der Waals surface area contributed by atoms with E-state index in [9.17, 15) is 0 Å². The highest BCUT2D eigenvalue weighted by Crippen LogP contribution is 2.60. The molecule has 0 amide bonds. The van der Waals surface area contributed by atoms with Gasteiger partial charge in [-0.05, 0) is 28.6 Å². The van der Waals surface area contributed by atoms with Crippen LogP contribution in [0.3, 0.4) is 0 Å². The quantitative estimate of drug-likeness (QED) is 0.265. The van der Waals surface area contributed by atoms with Crippen molar-refractivity contribution < 1.29 is 0 Å². The van der Waals surface area contributed by atoms with E-state index in [-0.39, 0.29) is 0 Å². The SMILES string of the molecule is c1ccc(-c2cc3c(s2)c2sc(-c4ccccc4)cc2p3-c2ccccc2)cc1. The van der Waals surface area contributed by atoms with E-state index >= 15 is 0 Å². The standard InChI is InChI=1S/C26H17PS2/c1-4-10-18(11-5-1)23-16-21-25(28-23)26-22(27(21)20-14-8-3-9-15-20)17-24(29-26)19-12-6-2-7-13-19/h1-17H. The number of rotatable bonds is 3. The van der Waals surface area contributed by atoms with Gasteiger partial charge < -0.3 is 0 Å². The molecule has 6 aromatic rings. The molecule has 29 heavy (non-hydrogen) atoms. The Hall–Kier alpha value is -2.64. The highest BCUT2D eigenvalue weighted by molar-refractivity contribution is 7.70. The van der Waals surface area contributed by atoms with Crippen LogP contribution in [0.2, 0.25) is 0 Å². The van der Waals surface area contributed by atoms with Gasteiger partial charge in [-0.3, -0.25) is 0 Å². The van der Waals surface area contributed by atoms with Gasteiger partial charge in [0, 0.05) is 20.0 Å². The molecule has 3 heterocycles. The first-order chi connectivity index (χ1) is 14.4. The van der Waals surface area contributed by atoms with E-state index < -0.39 is 7.53 Å². The summed E-state index contributed by atoms with van der Waals surface area (Å²) in [5.74, 6) is 0. The van der Waals surface area contributed by atoms with Gasteiger partial charge in [-0.15, -0.1) is 22.7 Å². The Balaban J connectivity index is 1.66. The molecule has 138 valence electrons. The molecule has 0 saturated carbocycles. The van der Waals surface area contributed by atoms with Crippen LogP contribution >= 0.6 is 30.2 Å². The van der Waals surface area contributed by atoms with E-state index in [1.54, 1.807) is 0 Å². The molecule has 0 aliphatic rings. The van der Waals surface area contributed by atoms with Gasteiger partial charge in [-0.2, -0.15) is 0 Å². The molecule has 0 fully saturated rings. The topological polar surface area (TPSA) is 0 Å². The molecule has 3 aromatic carbocycles. The van der Waals surface area contributed by atoms with Crippen LogP contribution in [0.15, 0.2) is 103 Å². The second-order valence-corrected chi connectivity index (χ2v) is 11.3. The molecule has 0 nitrogen and oxygen atoms in total. The summed E-state index contributed by atoms with van der Waals surface area (Å²) < 4.78 is 2.95. The van der Waals surface area contributed by atoms with Crippen LogP contribution in [0.5, 0.6) is 0 Å². The van der Waals surface area contributed by atoms with Crippen LogP contribution in [-0.4, -0.2) is 0 Å². The van der Waals surface area contributed by atoms with Crippen molar-refractivity contribution in [2.45, 2.75) is 0 Å². The van der Waals surface area contributed by atoms with E-state index in [4.69, 9.17) is 0 Å². The molecule has 6 rings (SSSR count). The smallest absolute Gasteiger partial charge is 0.0574 e. The fourth-order valence-corrected chi connectivity index (χ4v) is 9.76. The van der Waals surface area contributed by atoms with Gasteiger partial charge >= 0.3 is 0 Å². The van der Waals surface area contributed by atoms with Crippen molar-refractivity contribution in [3.05, 3.63) is 103 Å². The highest BCUT2D eigenvalue weighted by Gasteiger charge is 2.20. The van der Waals surface area contributed by atoms with Crippen LogP contribution in [0.4, 0.5) is 0 Å². The molecule has 0 aliphatic heterocycles. The summed E-state index contributed by atoms with van der Waals surface area (Å²) in [7, 11) is -0.490. The molecule has 0 atom stereocenters. The van der Waals surface area contributed by atoms with E-state index in [0.29, 0.717) is 0 Å². The van der Waals surface area contributed by atoms with Gasteiger partial charge in [0.25, 0.3) is 0 Å². The first kappa shape index (κ1) is 17.2. The maximum Gasteiger partial charge on any atom is 0.0574 e. The fourth-order valence-electron chi connectivity index (χ4n) is 3.89. The Morgan fingerprint density at radius 3 is 1.34 bits per heavy atom. The minimum absolute atomic E-state index is 0.490. The zero-order valence-corrected chi connectivity index (χ0v) is 18.1. The molecule has 0 N–H and O–H groups in total. The van der Waals surface area contributed by atoms with Crippen molar-refractivity contribution >= 4 is 49.8 Å². The lowest BCUT2D eigenvalue weighted by atomic mass is 10.2. The minimum Gasteiger partial charge on any atom is -0.133 e. The molecule has 0 unspecified atom stereocenters. The second kappa shape index (κ2) is 7.00. The Morgan fingerprint density at radius 2 is 0.897 bits per heavy atom. The van der Waals surface area contributed by atoms with Gasteiger partial charge in [-0.25, -0.2) is 0 Å². The monoisotopic (exact) mass is 424 g/mol. The molecule has 3 heteroatoms. The average Bonchev–Trinajstić information content (AvgIpc) is 3.46. The summed E-state index contributed by atoms with van der Waals surface area (Å²) >= 11 is 3.90. The highest BCUT2D eigenvalue weighted by atomic mass is 32.1. The molecular weight excluding hydrogens is 407 g/mol. The molecule has 0 radical (unpaired) electrons. The minimum atomic E-state index is -0.490. The van der Waals surface area contributed by atoms with Crippen molar-refractivity contribution in [1.29, 1.82) is 0 Å². The lowest BCUT2D eigenvalue weighted by molar-refractivity contribution is 1.70. The summed E-state index contributed by atoms with van der Waals surface area (Å²) in [4.78, 5) is 2.75. The number of benzene rings is 3. The number of hydrogen-bond acceptors (Lipinski definition) is 2. The third-order valence-electron chi connectivity index (χ3n) is 5.24. The Morgan fingerprint density at radius 1 is 0.483 bits per heavy atom. The second-order valence-electron chi connectivity index (χ2n) is 7.05. The molecule has 3 aromatic heterocycles. The summed E-state index contributed by atoms with van der Waals surface area (Å²) in [6, 6.07) is 37.5. The first-order valence-electron chi connectivity index (χ1n) is 9.62. The van der Waals surface area contributed by atoms with Gasteiger partial charge in [-0.1, -0.05) is 98.5 Å². The number of fused-ring (bicyclic) bond motifs is 3. The van der Waals surface area contributed by atoms with Crippen LogP contribution in [-0.2, 0) is 0 Å². The van der Waals surface area contributed by atoms with Crippen molar-refractivity contribution in [1.82, 2.24) is 0 Å². The summed E-state index contributed by atoms with van der Waals surface area (Å²) in [5, 5.41) is 4.49. The van der Waals surface area contributed by atoms with Crippen molar-refractivity contribution in [3.8, 4) is 26.2 Å². The Bertz CT molecular complexity index is 1330. The van der Waals surface area contributed by atoms with Crippen LogP contribution in [0.1, 0.15) is 0 Å². The zero-order chi connectivity index (χ0) is 19.2. The van der Waals surface area contributed by atoms with E-state index in [1.807, 2.05) is 22.7 Å². The zero-order valence-electron chi connectivity index (χ0n) is 15.6. The van der Waals surface area contributed by atoms with Crippen LogP contribution < -0.4 is 0 Å². The summed E-state index contributed by atoms with van der Waals surface area (Å²) in [5.41, 5.74) is 2.63. The van der Waals surface area contributed by atoms with Crippen molar-refractivity contribution in [3.63, 3.8) is 0 Å². The average molecular weight is 425 g/mol. The first-order valence-corrected chi connectivity index (χ1v) is 12.6. The predicted octanol–water partition coefficient (Wildman–Crippen LogP) is 9.43. The van der Waals surface area contributed by atoms with Gasteiger partial charge in [0.15, 0.2) is 0 Å². The van der Waals surface area contributed by atoms with Crippen molar-refractivity contribution in [2.75, 3.05) is 0 Å². The summed E-state index contributed by atoms with van der Waals surface area (Å²) in [6.45, 7) is 0. The van der Waals surface area contributed by atoms with Gasteiger partial charge in [0.2, 0.25) is 0 Å². The van der Waals surface area contributed by atoms with E-state index in [2.05, 4.69) is 103 Å². The molecular formula is C26H17PS2. The maximum atomic E-state index is 2.45. The van der Waals surface area contributed by atoms with Crippen LogP contribution in [0, 0.1) is 0 Å². The van der Waals surface area contributed by atoms with Crippen molar-refractivity contribution in [2.24, 2.45) is 0 Å². The normalized spacial score (nSPS) is 11.4. The predicted molar refractivity (Wildman–Crippen MR) is 132 cm³/mol. The van der Waals surface area contributed by atoms with Gasteiger partial charge in [0.1, 0.15) is 0 Å². The van der Waals surface area contributed by atoms with E-state index in [0.717, 1.165) is 0 Å². The van der Waals surface area contributed by atoms with Crippen LogP contribution in [0.25, 0.3) is 45.8 Å². The summed E-state index contributed by atoms with van der Waals surface area (Å²) in [6.07, 6.45) is 0. The van der Waals surface area contributed by atoms with E-state index in [1.165, 1.54) is 45.8 Å². The number of thiophene rings is 2. The Labute approximate surface area is 178 Å². The molecule has 0 spiro atoms. The Kier molecular flexibility index (Phi) is 4.16. The lowest BCUT2D eigenvalue weighted by Crippen LogP contribution is -1.69. The maximum absolute atomic E-state index is 2.45. The number of hydrogen-bond donors (Lipinski definition) is 0. The third-order valence-corrected chi connectivity index (χ3v) is 10.6. The molecule has 0 saturated heterocycles. The molecule has 0 bridgehead atoms. The fraction of sp³-hybridized carbons (Fsp3) is 0. The largest absolute Gasteiger partial charge is 0.133 e. The lowest BCUT2D eigenvalue weighted by Gasteiger charge is -2.01. The van der Waals surface area contributed by atoms with Gasteiger partial charge in [0.05, 0.1) is 9.40 Å².